The highest BCUT2D eigenvalue weighted by atomic mass is 79.9. The standard InChI is InChI=1S/C17H12BrN3O/c1-10-2-4-14-15(6-10)21-17(20-14)12(9-19)7-11-8-13(18)3-5-16(11)22/h2-8,22H,1H3,(H,20,21). The van der Waals surface area contributed by atoms with Gasteiger partial charge in [0.2, 0.25) is 0 Å². The molecule has 0 radical (unpaired) electrons. The molecule has 0 unspecified atom stereocenters. The number of aromatic amines is 1. The van der Waals surface area contributed by atoms with Crippen LogP contribution >= 0.6 is 15.9 Å². The molecule has 0 aliphatic carbocycles. The van der Waals surface area contributed by atoms with Crippen molar-refractivity contribution in [1.82, 2.24) is 9.97 Å². The Labute approximate surface area is 135 Å². The third-order valence-corrected chi connectivity index (χ3v) is 3.80. The summed E-state index contributed by atoms with van der Waals surface area (Å²) in [5.74, 6) is 0.602. The Morgan fingerprint density at radius 3 is 2.91 bits per heavy atom. The van der Waals surface area contributed by atoms with E-state index in [0.29, 0.717) is 17.0 Å². The zero-order chi connectivity index (χ0) is 15.7. The molecule has 0 spiro atoms. The van der Waals surface area contributed by atoms with Gasteiger partial charge in [0.25, 0.3) is 0 Å². The highest BCUT2D eigenvalue weighted by molar-refractivity contribution is 9.10. The number of nitrogens with zero attached hydrogens (tertiary/aromatic N) is 2. The van der Waals surface area contributed by atoms with Gasteiger partial charge in [-0.25, -0.2) is 4.98 Å². The van der Waals surface area contributed by atoms with Crippen molar-refractivity contribution in [2.24, 2.45) is 0 Å². The molecule has 2 N–H and O–H groups in total. The molecule has 0 saturated heterocycles. The molecule has 0 aliphatic rings. The molecule has 108 valence electrons. The Hall–Kier alpha value is -2.58. The number of H-pyrrole nitrogens is 1. The number of allylic oxidation sites excluding steroid dienone is 1. The summed E-state index contributed by atoms with van der Waals surface area (Å²) in [6.45, 7) is 2.00. The van der Waals surface area contributed by atoms with Gasteiger partial charge in [-0.15, -0.1) is 0 Å². The fraction of sp³-hybridized carbons (Fsp3) is 0.0588. The smallest absolute Gasteiger partial charge is 0.149 e. The lowest BCUT2D eigenvalue weighted by Crippen LogP contribution is -1.85. The van der Waals surface area contributed by atoms with Gasteiger partial charge in [0.05, 0.1) is 16.6 Å². The first-order valence-corrected chi connectivity index (χ1v) is 7.43. The van der Waals surface area contributed by atoms with E-state index in [4.69, 9.17) is 0 Å². The van der Waals surface area contributed by atoms with Gasteiger partial charge >= 0.3 is 0 Å². The summed E-state index contributed by atoms with van der Waals surface area (Å²) in [4.78, 5) is 7.58. The lowest BCUT2D eigenvalue weighted by atomic mass is 10.1. The molecular weight excluding hydrogens is 342 g/mol. The van der Waals surface area contributed by atoms with E-state index >= 15 is 0 Å². The third-order valence-electron chi connectivity index (χ3n) is 3.30. The number of aromatic nitrogens is 2. The molecule has 0 fully saturated rings. The highest BCUT2D eigenvalue weighted by Crippen LogP contribution is 2.26. The lowest BCUT2D eigenvalue weighted by molar-refractivity contribution is 0.474. The molecule has 5 heteroatoms. The number of hydrogen-bond donors (Lipinski definition) is 2. The van der Waals surface area contributed by atoms with Gasteiger partial charge in [-0.05, 0) is 48.9 Å². The van der Waals surface area contributed by atoms with E-state index in [2.05, 4.69) is 32.0 Å². The normalized spacial score (nSPS) is 11.6. The summed E-state index contributed by atoms with van der Waals surface area (Å²) in [5, 5.41) is 19.3. The van der Waals surface area contributed by atoms with Crippen LogP contribution in [-0.2, 0) is 0 Å². The van der Waals surface area contributed by atoms with Crippen molar-refractivity contribution in [3.8, 4) is 11.8 Å². The number of fused-ring (bicyclic) bond motifs is 1. The fourth-order valence-electron chi connectivity index (χ4n) is 2.20. The second-order valence-electron chi connectivity index (χ2n) is 4.98. The number of halogens is 1. The molecule has 2 aromatic carbocycles. The Bertz CT molecular complexity index is 935. The van der Waals surface area contributed by atoms with Gasteiger partial charge in [-0.3, -0.25) is 0 Å². The second-order valence-corrected chi connectivity index (χ2v) is 5.89. The van der Waals surface area contributed by atoms with E-state index in [9.17, 15) is 10.4 Å². The largest absolute Gasteiger partial charge is 0.507 e. The van der Waals surface area contributed by atoms with Crippen molar-refractivity contribution in [3.05, 3.63) is 57.8 Å². The van der Waals surface area contributed by atoms with E-state index in [1.165, 1.54) is 0 Å². The number of nitrogens with one attached hydrogen (secondary N) is 1. The molecule has 0 saturated carbocycles. The van der Waals surface area contributed by atoms with Crippen LogP contribution in [0.25, 0.3) is 22.7 Å². The van der Waals surface area contributed by atoms with Gasteiger partial charge in [-0.2, -0.15) is 5.26 Å². The maximum absolute atomic E-state index is 9.90. The zero-order valence-corrected chi connectivity index (χ0v) is 13.3. The number of imidazole rings is 1. The SMILES string of the molecule is Cc1ccc2nc(C(C#N)=Cc3cc(Br)ccc3O)[nH]c2c1. The molecular formula is C17H12BrN3O. The molecule has 3 aromatic rings. The highest BCUT2D eigenvalue weighted by Gasteiger charge is 2.09. The molecule has 22 heavy (non-hydrogen) atoms. The van der Waals surface area contributed by atoms with Crippen LogP contribution < -0.4 is 0 Å². The summed E-state index contributed by atoms with van der Waals surface area (Å²) in [7, 11) is 0. The van der Waals surface area contributed by atoms with Crippen LogP contribution in [0.4, 0.5) is 0 Å². The number of rotatable bonds is 2. The molecule has 3 rings (SSSR count). The Balaban J connectivity index is 2.11. The van der Waals surface area contributed by atoms with Gasteiger partial charge in [0.1, 0.15) is 17.6 Å². The first-order chi connectivity index (χ1) is 10.6. The molecule has 4 nitrogen and oxygen atoms in total. The minimum absolute atomic E-state index is 0.114. The predicted molar refractivity (Wildman–Crippen MR) is 90.1 cm³/mol. The van der Waals surface area contributed by atoms with Crippen LogP contribution in [0, 0.1) is 18.3 Å². The second kappa shape index (κ2) is 5.66. The monoisotopic (exact) mass is 353 g/mol. The van der Waals surface area contributed by atoms with Crippen molar-refractivity contribution in [3.63, 3.8) is 0 Å². The maximum atomic E-state index is 9.90. The van der Waals surface area contributed by atoms with Crippen molar-refractivity contribution in [1.29, 1.82) is 5.26 Å². The third kappa shape index (κ3) is 2.74. The summed E-state index contributed by atoms with van der Waals surface area (Å²) >= 11 is 3.35. The molecule has 0 aliphatic heterocycles. The van der Waals surface area contributed by atoms with E-state index in [1.54, 1.807) is 24.3 Å². The van der Waals surface area contributed by atoms with Gasteiger partial charge < -0.3 is 10.1 Å². The number of hydrogen-bond acceptors (Lipinski definition) is 3. The number of nitriles is 1. The Morgan fingerprint density at radius 2 is 2.14 bits per heavy atom. The average Bonchev–Trinajstić information content (AvgIpc) is 2.90. The number of benzene rings is 2. The first kappa shape index (κ1) is 14.4. The average molecular weight is 354 g/mol. The zero-order valence-electron chi connectivity index (χ0n) is 11.8. The van der Waals surface area contributed by atoms with Crippen molar-refractivity contribution in [2.45, 2.75) is 6.92 Å². The summed E-state index contributed by atoms with van der Waals surface area (Å²) < 4.78 is 0.828. The molecule has 1 heterocycles. The van der Waals surface area contributed by atoms with Crippen LogP contribution in [-0.4, -0.2) is 15.1 Å². The number of aromatic hydroxyl groups is 1. The van der Waals surface area contributed by atoms with E-state index in [1.807, 2.05) is 25.1 Å². The van der Waals surface area contributed by atoms with Gasteiger partial charge in [0, 0.05) is 10.0 Å². The minimum atomic E-state index is 0.114. The summed E-state index contributed by atoms with van der Waals surface area (Å²) in [6, 6.07) is 13.1. The molecule has 0 bridgehead atoms. The maximum Gasteiger partial charge on any atom is 0.149 e. The summed E-state index contributed by atoms with van der Waals surface area (Å²) in [6.07, 6.45) is 1.62. The first-order valence-electron chi connectivity index (χ1n) is 6.64. The molecule has 0 amide bonds. The topological polar surface area (TPSA) is 72.7 Å². The number of phenols is 1. The Kier molecular flexibility index (Phi) is 3.70. The van der Waals surface area contributed by atoms with E-state index < -0.39 is 0 Å². The molecule has 0 atom stereocenters. The van der Waals surface area contributed by atoms with Crippen LogP contribution in [0.1, 0.15) is 17.0 Å². The van der Waals surface area contributed by atoms with Crippen molar-refractivity contribution < 1.29 is 5.11 Å². The Morgan fingerprint density at radius 1 is 1.32 bits per heavy atom. The van der Waals surface area contributed by atoms with Crippen LogP contribution in [0.2, 0.25) is 0 Å². The number of aryl methyl sites for hydroxylation is 1. The lowest BCUT2D eigenvalue weighted by Gasteiger charge is -2.00. The molecule has 1 aromatic heterocycles. The van der Waals surface area contributed by atoms with Crippen molar-refractivity contribution in [2.75, 3.05) is 0 Å². The van der Waals surface area contributed by atoms with Gasteiger partial charge in [-0.1, -0.05) is 22.0 Å². The van der Waals surface area contributed by atoms with Crippen LogP contribution in [0.3, 0.4) is 0 Å². The minimum Gasteiger partial charge on any atom is -0.507 e. The summed E-state index contributed by atoms with van der Waals surface area (Å²) in [5.41, 5.74) is 3.73. The van der Waals surface area contributed by atoms with E-state index in [0.717, 1.165) is 21.1 Å². The number of phenolic OH excluding ortho intramolecular Hbond substituents is 1. The van der Waals surface area contributed by atoms with Crippen LogP contribution in [0.5, 0.6) is 5.75 Å². The quantitative estimate of drug-likeness (QED) is 0.670. The van der Waals surface area contributed by atoms with E-state index in [-0.39, 0.29) is 5.75 Å². The van der Waals surface area contributed by atoms with Crippen LogP contribution in [0.15, 0.2) is 40.9 Å². The van der Waals surface area contributed by atoms with Gasteiger partial charge in [0.15, 0.2) is 0 Å². The fourth-order valence-corrected chi connectivity index (χ4v) is 2.58. The van der Waals surface area contributed by atoms with Crippen molar-refractivity contribution >= 4 is 38.6 Å². The predicted octanol–water partition coefficient (Wildman–Crippen LogP) is 4.40.